The third kappa shape index (κ3) is 39.0. The molecule has 0 aromatic rings. The van der Waals surface area contributed by atoms with Crippen molar-refractivity contribution < 1.29 is 126 Å². The number of unbranched alkanes of at least 4 members (excludes halogenated alkanes) is 38. The molecule has 26 heteroatoms. The summed E-state index contributed by atoms with van der Waals surface area (Å²) >= 11 is 0. The molecule has 2 bridgehead atoms. The van der Waals surface area contributed by atoms with Crippen molar-refractivity contribution in [3.63, 3.8) is 0 Å². The van der Waals surface area contributed by atoms with Gasteiger partial charge in [-0.25, -0.2) is 0 Å². The van der Waals surface area contributed by atoms with Crippen LogP contribution in [0.2, 0.25) is 0 Å². The first-order chi connectivity index (χ1) is 58.1. The quantitative estimate of drug-likeness (QED) is 0.0159. The Morgan fingerprint density at radius 2 is 0.708 bits per heavy atom. The molecule has 8 N–H and O–H groups in total. The number of rotatable bonds is 56. The van der Waals surface area contributed by atoms with E-state index in [2.05, 4.69) is 27.7 Å². The summed E-state index contributed by atoms with van der Waals surface area (Å²) in [6.45, 7) is 14.5. The molecule has 6 heterocycles. The number of esters is 4. The molecule has 0 spiro atoms. The minimum absolute atomic E-state index is 0.0499. The summed E-state index contributed by atoms with van der Waals surface area (Å²) < 4.78 is 90.5. The molecular weight excluding hydrogens is 1550 g/mol. The lowest BCUT2D eigenvalue weighted by molar-refractivity contribution is -0.400. The van der Waals surface area contributed by atoms with Crippen LogP contribution >= 0.6 is 0 Å². The second-order valence-electron chi connectivity index (χ2n) is 36.0. The van der Waals surface area contributed by atoms with Crippen LogP contribution in [0.25, 0.3) is 0 Å². The topological polar surface area (TPSA) is 359 Å². The molecule has 0 aromatic heterocycles. The molecule has 0 aromatic carbocycles. The Morgan fingerprint density at radius 3 is 1.22 bits per heavy atom. The van der Waals surface area contributed by atoms with Gasteiger partial charge in [-0.05, 0) is 66.2 Å². The SMILES string of the molecule is CCCCCCCCCCCCCCCC(=O)OCC1OC(OC2C(OC3OC(C)C(OC(=O)CCCCCCCCCCCCCCC)C(O)C3O)C(C)OC(OC3C(C)OC4OC5C(OC(CCCCC)CCCCCCCCCC(=O)OC3C4O)OC(C)C(O)C5O)C2OC(=O)CCCCCCCCCCCCCCC)C(O)C(O)C1O. The average Bonchev–Trinajstić information content (AvgIpc) is 0.758. The van der Waals surface area contributed by atoms with E-state index in [4.69, 9.17) is 66.3 Å². The van der Waals surface area contributed by atoms with Gasteiger partial charge in [-0.15, -0.1) is 0 Å². The Balaban J connectivity index is 1.29. The Labute approximate surface area is 721 Å². The first-order valence-electron chi connectivity index (χ1n) is 48.9. The summed E-state index contributed by atoms with van der Waals surface area (Å²) in [4.78, 5) is 56.2. The van der Waals surface area contributed by atoms with Gasteiger partial charge in [0.2, 0.25) is 0 Å². The maximum Gasteiger partial charge on any atom is 0.306 e. The van der Waals surface area contributed by atoms with Crippen molar-refractivity contribution in [1.29, 1.82) is 0 Å². The highest BCUT2D eigenvalue weighted by Gasteiger charge is 2.59. The van der Waals surface area contributed by atoms with Crippen LogP contribution < -0.4 is 0 Å². The van der Waals surface area contributed by atoms with Crippen molar-refractivity contribution >= 4 is 23.9 Å². The van der Waals surface area contributed by atoms with E-state index in [1.807, 2.05) is 0 Å². The highest BCUT2D eigenvalue weighted by molar-refractivity contribution is 5.70. The Bertz CT molecular complexity index is 2630. The number of hydrogen-bond donors (Lipinski definition) is 8. The molecule has 6 aliphatic heterocycles. The molecular formula is C94H170O26. The van der Waals surface area contributed by atoms with Gasteiger partial charge in [-0.2, -0.15) is 0 Å². The molecule has 0 radical (unpaired) electrons. The van der Waals surface area contributed by atoms with E-state index in [1.54, 1.807) is 20.8 Å². The number of carbonyl (C=O) groups excluding carboxylic acids is 4. The number of aliphatic hydroxyl groups is 8. The summed E-state index contributed by atoms with van der Waals surface area (Å²) in [5, 5.41) is 95.6. The molecule has 702 valence electrons. The van der Waals surface area contributed by atoms with Gasteiger partial charge in [-0.1, -0.05) is 317 Å². The molecule has 6 aliphatic rings. The zero-order valence-electron chi connectivity index (χ0n) is 75.5. The summed E-state index contributed by atoms with van der Waals surface area (Å²) in [6.07, 6.45) is 12.2. The van der Waals surface area contributed by atoms with Crippen LogP contribution in [0.3, 0.4) is 0 Å². The van der Waals surface area contributed by atoms with Gasteiger partial charge < -0.3 is 107 Å². The Kier molecular flexibility index (Phi) is 55.1. The van der Waals surface area contributed by atoms with Crippen molar-refractivity contribution in [3.8, 4) is 0 Å². The predicted molar refractivity (Wildman–Crippen MR) is 456 cm³/mol. The molecule has 6 saturated heterocycles. The minimum atomic E-state index is -2.06. The predicted octanol–water partition coefficient (Wildman–Crippen LogP) is 16.3. The smallest absolute Gasteiger partial charge is 0.306 e. The Hall–Kier alpha value is -2.84. The largest absolute Gasteiger partial charge is 0.463 e. The molecule has 26 atom stereocenters. The second kappa shape index (κ2) is 62.4. The van der Waals surface area contributed by atoms with E-state index in [0.29, 0.717) is 44.9 Å². The number of aliphatic hydroxyl groups excluding tert-OH is 8. The number of fused-ring (bicyclic) bond motifs is 3. The molecule has 120 heavy (non-hydrogen) atoms. The van der Waals surface area contributed by atoms with Crippen LogP contribution in [-0.4, -0.2) is 231 Å². The minimum Gasteiger partial charge on any atom is -0.463 e. The van der Waals surface area contributed by atoms with Crippen LogP contribution in [0.4, 0.5) is 0 Å². The van der Waals surface area contributed by atoms with E-state index < -0.39 is 184 Å². The van der Waals surface area contributed by atoms with Crippen LogP contribution in [0.15, 0.2) is 0 Å². The van der Waals surface area contributed by atoms with E-state index >= 15 is 0 Å². The normalized spacial score (nSPS) is 33.1. The average molecular weight is 1720 g/mol. The summed E-state index contributed by atoms with van der Waals surface area (Å²) in [6, 6.07) is 0. The Morgan fingerprint density at radius 1 is 0.317 bits per heavy atom. The summed E-state index contributed by atoms with van der Waals surface area (Å²) in [7, 11) is 0. The number of ether oxygens (including phenoxy) is 14. The first-order valence-corrected chi connectivity index (χ1v) is 48.9. The number of carbonyl (C=O) groups is 4. The standard InChI is InChI=1S/C94H170O26/c1-9-13-17-20-23-26-29-32-35-38-43-48-54-60-71(95)107-64-70-76(100)77(101)80(104)91(113-70)120-88-85(117-90-81(105)79(103)83(66(6)109-90)114-72(96)61-55-49-44-39-36-33-30-27-24-21-18-14-10-2)68(8)111-94(89(88)116-74(98)63-57-50-45-40-37-34-31-28-25-22-19-15-11-3)118-84-67(7)110-92-82(106)86(84)115-73(97)62-56-51-46-41-42-47-53-59-69(58-52-16-12-4)112-93-87(119-92)78(102)75(99)65(5)108-93/h65-70,75-94,99-106H,9-64H2,1-8H3. The number of hydrogen-bond acceptors (Lipinski definition) is 26. The highest BCUT2D eigenvalue weighted by atomic mass is 16.8. The second-order valence-corrected chi connectivity index (χ2v) is 36.0. The van der Waals surface area contributed by atoms with Crippen LogP contribution in [0.1, 0.15) is 409 Å². The van der Waals surface area contributed by atoms with E-state index in [1.165, 1.54) is 148 Å². The molecule has 26 unspecified atom stereocenters. The fourth-order valence-corrected chi connectivity index (χ4v) is 17.7. The molecule has 26 nitrogen and oxygen atoms in total. The lowest BCUT2D eigenvalue weighted by atomic mass is 9.95. The third-order valence-electron chi connectivity index (χ3n) is 25.4. The molecule has 6 fully saturated rings. The summed E-state index contributed by atoms with van der Waals surface area (Å²) in [5.41, 5.74) is 0. The van der Waals surface area contributed by atoms with Crippen LogP contribution in [0.5, 0.6) is 0 Å². The van der Waals surface area contributed by atoms with Crippen molar-refractivity contribution in [2.45, 2.75) is 568 Å². The lowest BCUT2D eigenvalue weighted by Crippen LogP contribution is -2.68. The monoisotopic (exact) mass is 1720 g/mol. The maximum atomic E-state index is 14.9. The van der Waals surface area contributed by atoms with E-state index in [0.717, 1.165) is 141 Å². The highest BCUT2D eigenvalue weighted by Crippen LogP contribution is 2.40. The van der Waals surface area contributed by atoms with Gasteiger partial charge in [0.1, 0.15) is 86.0 Å². The van der Waals surface area contributed by atoms with Gasteiger partial charge in [0, 0.05) is 25.7 Å². The van der Waals surface area contributed by atoms with E-state index in [-0.39, 0.29) is 31.8 Å². The zero-order valence-corrected chi connectivity index (χ0v) is 75.5. The van der Waals surface area contributed by atoms with Gasteiger partial charge in [0.25, 0.3) is 0 Å². The van der Waals surface area contributed by atoms with Crippen LogP contribution in [0, 0.1) is 0 Å². The van der Waals surface area contributed by atoms with Gasteiger partial charge >= 0.3 is 23.9 Å². The van der Waals surface area contributed by atoms with Gasteiger partial charge in [-0.3, -0.25) is 19.2 Å². The molecule has 0 aliphatic carbocycles. The van der Waals surface area contributed by atoms with Gasteiger partial charge in [0.05, 0.1) is 30.5 Å². The molecule has 0 saturated carbocycles. The van der Waals surface area contributed by atoms with E-state index in [9.17, 15) is 60.0 Å². The summed E-state index contributed by atoms with van der Waals surface area (Å²) in [5.74, 6) is -2.63. The van der Waals surface area contributed by atoms with Crippen molar-refractivity contribution in [2.24, 2.45) is 0 Å². The van der Waals surface area contributed by atoms with Crippen LogP contribution in [-0.2, 0) is 85.5 Å². The fraction of sp³-hybridized carbons (Fsp3) is 0.957. The fourth-order valence-electron chi connectivity index (χ4n) is 17.7. The molecule has 0 amide bonds. The third-order valence-corrected chi connectivity index (χ3v) is 25.4. The molecule has 6 rings (SSSR count). The van der Waals surface area contributed by atoms with Crippen molar-refractivity contribution in [3.05, 3.63) is 0 Å². The van der Waals surface area contributed by atoms with Crippen molar-refractivity contribution in [2.75, 3.05) is 6.61 Å². The first kappa shape index (κ1) is 106. The van der Waals surface area contributed by atoms with Gasteiger partial charge in [0.15, 0.2) is 49.8 Å². The lowest BCUT2D eigenvalue weighted by Gasteiger charge is -2.51. The van der Waals surface area contributed by atoms with Crippen molar-refractivity contribution in [1.82, 2.24) is 0 Å². The zero-order chi connectivity index (χ0) is 86.8. The maximum absolute atomic E-state index is 14.9.